The fourth-order valence-electron chi connectivity index (χ4n) is 3.32. The van der Waals surface area contributed by atoms with Gasteiger partial charge in [-0.3, -0.25) is 4.90 Å². The highest BCUT2D eigenvalue weighted by atomic mass is 16.5. The van der Waals surface area contributed by atoms with Crippen LogP contribution in [0.15, 0.2) is 47.1 Å². The summed E-state index contributed by atoms with van der Waals surface area (Å²) in [7, 11) is 0. The van der Waals surface area contributed by atoms with Gasteiger partial charge in [-0.25, -0.2) is 14.8 Å². The molecule has 1 N–H and O–H groups in total. The molecule has 0 spiro atoms. The molecule has 29 heavy (non-hydrogen) atoms. The van der Waals surface area contributed by atoms with Crippen LogP contribution in [-0.4, -0.2) is 35.7 Å². The summed E-state index contributed by atoms with van der Waals surface area (Å²) >= 11 is 0. The van der Waals surface area contributed by atoms with E-state index in [2.05, 4.69) is 40.4 Å². The van der Waals surface area contributed by atoms with Crippen LogP contribution < -0.4 is 10.2 Å². The first kappa shape index (κ1) is 19.1. The van der Waals surface area contributed by atoms with Crippen molar-refractivity contribution in [2.24, 2.45) is 0 Å². The van der Waals surface area contributed by atoms with Crippen LogP contribution in [0.2, 0.25) is 0 Å². The average Bonchev–Trinajstić information content (AvgIpc) is 3.38. The number of aromatic nitrogens is 2. The van der Waals surface area contributed by atoms with E-state index in [9.17, 15) is 4.79 Å². The van der Waals surface area contributed by atoms with Crippen LogP contribution >= 0.6 is 0 Å². The third kappa shape index (κ3) is 4.30. The third-order valence-corrected chi connectivity index (χ3v) is 4.94. The number of anilines is 1. The first-order chi connectivity index (χ1) is 14.1. The molecule has 1 aromatic carbocycles. The molecular weight excluding hydrogens is 368 g/mol. The van der Waals surface area contributed by atoms with Gasteiger partial charge < -0.3 is 14.5 Å². The van der Waals surface area contributed by atoms with Gasteiger partial charge in [-0.15, -0.1) is 0 Å². The van der Waals surface area contributed by atoms with Crippen molar-refractivity contribution in [2.75, 3.05) is 24.6 Å². The lowest BCUT2D eigenvalue weighted by molar-refractivity contribution is 0.134. The molecule has 0 unspecified atom stereocenters. The highest BCUT2D eigenvalue weighted by Crippen LogP contribution is 2.26. The van der Waals surface area contributed by atoms with Gasteiger partial charge in [0.2, 0.25) is 0 Å². The minimum atomic E-state index is -0.129. The third-order valence-electron chi connectivity index (χ3n) is 4.94. The maximum absolute atomic E-state index is 11.9. The summed E-state index contributed by atoms with van der Waals surface area (Å²) in [4.78, 5) is 22.3. The van der Waals surface area contributed by atoms with E-state index in [1.165, 1.54) is 11.1 Å². The summed E-state index contributed by atoms with van der Waals surface area (Å²) in [5, 5.41) is 2.78. The fraction of sp³-hybridized carbons (Fsp3) is 0.318. The van der Waals surface area contributed by atoms with Crippen LogP contribution in [0.3, 0.4) is 0 Å². The smallest absolute Gasteiger partial charge is 0.323 e. The molecule has 150 valence electrons. The largest absolute Gasteiger partial charge is 0.440 e. The van der Waals surface area contributed by atoms with Crippen molar-refractivity contribution in [3.05, 3.63) is 65.3 Å². The quantitative estimate of drug-likeness (QED) is 0.663. The fourth-order valence-corrected chi connectivity index (χ4v) is 3.32. The number of nitrogens with zero attached hydrogens (tertiary/aromatic N) is 3. The molecule has 3 aromatic rings. The molecule has 1 fully saturated rings. The van der Waals surface area contributed by atoms with Crippen molar-refractivity contribution in [1.29, 1.82) is 0 Å². The number of amides is 2. The Morgan fingerprint density at radius 2 is 2.14 bits per heavy atom. The zero-order chi connectivity index (χ0) is 20.2. The summed E-state index contributed by atoms with van der Waals surface area (Å²) in [5.74, 6) is 1.91. The van der Waals surface area contributed by atoms with Gasteiger partial charge in [0.15, 0.2) is 11.7 Å². The molecule has 1 aliphatic heterocycles. The highest BCUT2D eigenvalue weighted by molar-refractivity contribution is 5.93. The average molecular weight is 392 g/mol. The van der Waals surface area contributed by atoms with E-state index in [1.54, 1.807) is 17.3 Å². The Morgan fingerprint density at radius 1 is 1.24 bits per heavy atom. The Hall–Kier alpha value is -3.19. The van der Waals surface area contributed by atoms with Gasteiger partial charge >= 0.3 is 6.03 Å². The zero-order valence-corrected chi connectivity index (χ0v) is 16.6. The molecule has 0 bridgehead atoms. The van der Waals surface area contributed by atoms with Crippen molar-refractivity contribution in [1.82, 2.24) is 15.3 Å². The molecule has 7 heteroatoms. The van der Waals surface area contributed by atoms with E-state index in [-0.39, 0.29) is 6.03 Å². The van der Waals surface area contributed by atoms with Gasteiger partial charge in [0.25, 0.3) is 0 Å². The van der Waals surface area contributed by atoms with E-state index in [1.807, 2.05) is 19.1 Å². The van der Waals surface area contributed by atoms with Crippen molar-refractivity contribution < 1.29 is 13.9 Å². The number of rotatable bonds is 7. The Labute approximate surface area is 169 Å². The number of benzene rings is 1. The Bertz CT molecular complexity index is 1010. The predicted molar refractivity (Wildman–Crippen MR) is 110 cm³/mol. The minimum Gasteiger partial charge on any atom is -0.440 e. The van der Waals surface area contributed by atoms with E-state index in [4.69, 9.17) is 9.15 Å². The van der Waals surface area contributed by atoms with Gasteiger partial charge in [-0.2, -0.15) is 0 Å². The summed E-state index contributed by atoms with van der Waals surface area (Å²) in [6.07, 6.45) is 4.01. The second kappa shape index (κ2) is 8.45. The van der Waals surface area contributed by atoms with Gasteiger partial charge in [-0.1, -0.05) is 18.2 Å². The lowest BCUT2D eigenvalue weighted by atomic mass is 10.0. The number of carbonyl (C=O) groups excluding carboxylic acids is 1. The highest BCUT2D eigenvalue weighted by Gasteiger charge is 2.22. The molecule has 3 heterocycles. The van der Waals surface area contributed by atoms with Crippen molar-refractivity contribution in [2.45, 2.75) is 26.9 Å². The Kier molecular flexibility index (Phi) is 5.57. The monoisotopic (exact) mass is 392 g/mol. The van der Waals surface area contributed by atoms with E-state index >= 15 is 0 Å². The van der Waals surface area contributed by atoms with Crippen LogP contribution in [0.5, 0.6) is 0 Å². The summed E-state index contributed by atoms with van der Waals surface area (Å²) in [6.45, 7) is 6.60. The molecule has 1 saturated heterocycles. The molecule has 1 aliphatic rings. The standard InChI is InChI=1S/C22H24N4O3/c1-3-28-14-16-5-4-15(2)18(10-16)12-21-25-13-19(29-21)17-6-7-23-20(11-17)26-9-8-24-22(26)27/h4-7,10-11,13H,3,8-9,12,14H2,1-2H3,(H,24,27). The van der Waals surface area contributed by atoms with Crippen molar-refractivity contribution in [3.63, 3.8) is 0 Å². The number of urea groups is 1. The van der Waals surface area contributed by atoms with Crippen LogP contribution in [0.1, 0.15) is 29.5 Å². The van der Waals surface area contributed by atoms with Crippen molar-refractivity contribution in [3.8, 4) is 11.3 Å². The van der Waals surface area contributed by atoms with E-state index in [0.717, 1.165) is 11.1 Å². The van der Waals surface area contributed by atoms with Crippen molar-refractivity contribution >= 4 is 11.8 Å². The normalized spacial score (nSPS) is 13.7. The topological polar surface area (TPSA) is 80.5 Å². The molecule has 0 atom stereocenters. The molecule has 4 rings (SSSR count). The predicted octanol–water partition coefficient (Wildman–Crippen LogP) is 3.70. The first-order valence-corrected chi connectivity index (χ1v) is 9.76. The molecule has 0 radical (unpaired) electrons. The lowest BCUT2D eigenvalue weighted by Crippen LogP contribution is -2.28. The van der Waals surface area contributed by atoms with Gasteiger partial charge in [-0.05, 0) is 42.7 Å². The maximum atomic E-state index is 11.9. The van der Waals surface area contributed by atoms with Gasteiger partial charge in [0.1, 0.15) is 5.82 Å². The second-order valence-corrected chi connectivity index (χ2v) is 6.98. The number of carbonyl (C=O) groups is 1. The number of pyridine rings is 1. The molecule has 0 saturated carbocycles. The summed E-state index contributed by atoms with van der Waals surface area (Å²) < 4.78 is 11.5. The summed E-state index contributed by atoms with van der Waals surface area (Å²) in [5.41, 5.74) is 4.34. The Balaban J connectivity index is 1.53. The number of oxazole rings is 1. The summed E-state index contributed by atoms with van der Waals surface area (Å²) in [6, 6.07) is 9.91. The SMILES string of the molecule is CCOCc1ccc(C)c(Cc2ncc(-c3ccnc(N4CCNC4=O)c3)o2)c1. The lowest BCUT2D eigenvalue weighted by Gasteiger charge is -2.13. The van der Waals surface area contributed by atoms with E-state index < -0.39 is 0 Å². The Morgan fingerprint density at radius 3 is 2.93 bits per heavy atom. The maximum Gasteiger partial charge on any atom is 0.323 e. The second-order valence-electron chi connectivity index (χ2n) is 6.98. The number of ether oxygens (including phenoxy) is 1. The first-order valence-electron chi connectivity index (χ1n) is 9.76. The van der Waals surface area contributed by atoms with Gasteiger partial charge in [0, 0.05) is 37.9 Å². The van der Waals surface area contributed by atoms with Crippen LogP contribution in [0.4, 0.5) is 10.6 Å². The molecular formula is C22H24N4O3. The van der Waals surface area contributed by atoms with Crippen LogP contribution in [0, 0.1) is 6.92 Å². The molecule has 7 nitrogen and oxygen atoms in total. The number of hydrogen-bond acceptors (Lipinski definition) is 5. The van der Waals surface area contributed by atoms with Crippen LogP contribution in [-0.2, 0) is 17.8 Å². The van der Waals surface area contributed by atoms with Gasteiger partial charge in [0.05, 0.1) is 12.8 Å². The van der Waals surface area contributed by atoms with E-state index in [0.29, 0.717) is 50.2 Å². The number of aryl methyl sites for hydroxylation is 1. The van der Waals surface area contributed by atoms with Crippen LogP contribution in [0.25, 0.3) is 11.3 Å². The number of nitrogens with one attached hydrogen (secondary N) is 1. The molecule has 2 amide bonds. The molecule has 0 aliphatic carbocycles. The number of hydrogen-bond donors (Lipinski definition) is 1. The zero-order valence-electron chi connectivity index (χ0n) is 16.6. The molecule has 2 aromatic heterocycles. The minimum absolute atomic E-state index is 0.129.